The molecule has 25 heavy (non-hydrogen) atoms. The first-order valence-corrected chi connectivity index (χ1v) is 7.96. The van der Waals surface area contributed by atoms with E-state index in [-0.39, 0.29) is 12.4 Å². The number of fused-ring (bicyclic) bond motifs is 1. The van der Waals surface area contributed by atoms with E-state index in [4.69, 9.17) is 4.74 Å². The van der Waals surface area contributed by atoms with Gasteiger partial charge in [0.15, 0.2) is 5.78 Å². The van der Waals surface area contributed by atoms with E-state index < -0.39 is 12.8 Å². The number of nitrogens with zero attached hydrogens (tertiary/aromatic N) is 1. The number of pyridine rings is 1. The van der Waals surface area contributed by atoms with Gasteiger partial charge in [-0.15, -0.1) is 0 Å². The number of hydrogen-bond acceptors (Lipinski definition) is 4. The summed E-state index contributed by atoms with van der Waals surface area (Å²) in [7, 11) is 0. The Morgan fingerprint density at radius 2 is 1.92 bits per heavy atom. The number of halogens is 1. The number of Topliss-reactive ketones (excluding diaryl/α,β-unsaturated/α-hetero) is 1. The largest absolute Gasteiger partial charge is 0.491 e. The zero-order chi connectivity index (χ0) is 17.8. The molecule has 2 aromatic carbocycles. The Labute approximate surface area is 144 Å². The average molecular weight is 339 g/mol. The minimum absolute atomic E-state index is 0.0310. The van der Waals surface area contributed by atoms with Crippen molar-refractivity contribution in [2.45, 2.75) is 13.0 Å². The Kier molecular flexibility index (Phi) is 5.05. The van der Waals surface area contributed by atoms with Crippen LogP contribution < -0.4 is 4.74 Å². The van der Waals surface area contributed by atoms with E-state index >= 15 is 0 Å². The standard InChI is InChI=1S/C20H18FNO3/c1-13(23)14-2-4-15(5-3-14)19-8-6-16-10-18(7-9-20(16)22-19)25-12-17(24)11-21/h2-10,17,24H,11-12H2,1H3. The van der Waals surface area contributed by atoms with E-state index in [0.29, 0.717) is 11.3 Å². The van der Waals surface area contributed by atoms with Crippen LogP contribution in [0, 0.1) is 0 Å². The van der Waals surface area contributed by atoms with Crippen LogP contribution >= 0.6 is 0 Å². The molecule has 1 heterocycles. The van der Waals surface area contributed by atoms with Crippen LogP contribution in [0.25, 0.3) is 22.2 Å². The number of alkyl halides is 1. The maximum Gasteiger partial charge on any atom is 0.159 e. The van der Waals surface area contributed by atoms with Crippen LogP contribution in [0.15, 0.2) is 54.6 Å². The number of rotatable bonds is 6. The third-order valence-corrected chi connectivity index (χ3v) is 3.87. The molecule has 0 bridgehead atoms. The lowest BCUT2D eigenvalue weighted by Gasteiger charge is -2.10. The summed E-state index contributed by atoms with van der Waals surface area (Å²) in [6.45, 7) is 0.618. The fourth-order valence-electron chi connectivity index (χ4n) is 2.47. The second kappa shape index (κ2) is 7.40. The molecule has 3 rings (SSSR count). The summed E-state index contributed by atoms with van der Waals surface area (Å²) in [5, 5.41) is 10.1. The molecule has 0 fully saturated rings. The monoisotopic (exact) mass is 339 g/mol. The second-order valence-corrected chi connectivity index (χ2v) is 5.80. The van der Waals surface area contributed by atoms with Crippen LogP contribution in [0.4, 0.5) is 4.39 Å². The van der Waals surface area contributed by atoms with Gasteiger partial charge in [-0.2, -0.15) is 0 Å². The fraction of sp³-hybridized carbons (Fsp3) is 0.200. The highest BCUT2D eigenvalue weighted by molar-refractivity contribution is 5.94. The SMILES string of the molecule is CC(=O)c1ccc(-c2ccc3cc(OCC(O)CF)ccc3n2)cc1. The molecule has 1 aromatic heterocycles. The molecule has 128 valence electrons. The Balaban J connectivity index is 1.84. The number of ketones is 1. The lowest BCUT2D eigenvalue weighted by Crippen LogP contribution is -2.19. The van der Waals surface area contributed by atoms with Crippen molar-refractivity contribution in [2.24, 2.45) is 0 Å². The maximum absolute atomic E-state index is 12.3. The molecule has 0 amide bonds. The van der Waals surface area contributed by atoms with Gasteiger partial charge in [0.25, 0.3) is 0 Å². The highest BCUT2D eigenvalue weighted by Crippen LogP contribution is 2.24. The number of ether oxygens (including phenoxy) is 1. The molecule has 1 atom stereocenters. The normalized spacial score (nSPS) is 12.1. The van der Waals surface area contributed by atoms with E-state index in [9.17, 15) is 14.3 Å². The van der Waals surface area contributed by atoms with Gasteiger partial charge in [0, 0.05) is 16.5 Å². The molecular weight excluding hydrogens is 321 g/mol. The molecule has 0 aliphatic rings. The number of aliphatic hydroxyl groups excluding tert-OH is 1. The third kappa shape index (κ3) is 4.00. The molecule has 0 aliphatic heterocycles. The summed E-state index contributed by atoms with van der Waals surface area (Å²) in [6, 6.07) is 16.5. The highest BCUT2D eigenvalue weighted by atomic mass is 19.1. The predicted octanol–water partition coefficient (Wildman–Crippen LogP) is 3.81. The first-order chi connectivity index (χ1) is 12.1. The van der Waals surface area contributed by atoms with E-state index in [2.05, 4.69) is 4.98 Å². The van der Waals surface area contributed by atoms with Gasteiger partial charge in [0.2, 0.25) is 0 Å². The van der Waals surface area contributed by atoms with Gasteiger partial charge < -0.3 is 9.84 Å². The van der Waals surface area contributed by atoms with Crippen LogP contribution in [0.2, 0.25) is 0 Å². The van der Waals surface area contributed by atoms with Crippen LogP contribution in [-0.2, 0) is 0 Å². The first-order valence-electron chi connectivity index (χ1n) is 7.96. The number of carbonyl (C=O) groups is 1. The second-order valence-electron chi connectivity index (χ2n) is 5.80. The average Bonchev–Trinajstić information content (AvgIpc) is 2.65. The molecule has 1 N–H and O–H groups in total. The van der Waals surface area contributed by atoms with Crippen molar-refractivity contribution in [3.63, 3.8) is 0 Å². The third-order valence-electron chi connectivity index (χ3n) is 3.87. The van der Waals surface area contributed by atoms with Crippen molar-refractivity contribution in [1.29, 1.82) is 0 Å². The highest BCUT2D eigenvalue weighted by Gasteiger charge is 2.07. The summed E-state index contributed by atoms with van der Waals surface area (Å²) in [5.41, 5.74) is 3.20. The smallest absolute Gasteiger partial charge is 0.159 e. The van der Waals surface area contributed by atoms with E-state index in [1.807, 2.05) is 30.3 Å². The molecule has 0 saturated carbocycles. The van der Waals surface area contributed by atoms with Gasteiger partial charge in [0.1, 0.15) is 25.1 Å². The van der Waals surface area contributed by atoms with Crippen LogP contribution in [0.1, 0.15) is 17.3 Å². The minimum Gasteiger partial charge on any atom is -0.491 e. The Morgan fingerprint density at radius 3 is 2.60 bits per heavy atom. The Morgan fingerprint density at radius 1 is 1.16 bits per heavy atom. The van der Waals surface area contributed by atoms with Crippen molar-refractivity contribution in [1.82, 2.24) is 4.98 Å². The summed E-state index contributed by atoms with van der Waals surface area (Å²) < 4.78 is 17.6. The van der Waals surface area contributed by atoms with Gasteiger partial charge in [0.05, 0.1) is 11.2 Å². The van der Waals surface area contributed by atoms with Gasteiger partial charge in [-0.3, -0.25) is 4.79 Å². The maximum atomic E-state index is 12.3. The minimum atomic E-state index is -1.12. The molecule has 0 radical (unpaired) electrons. The lowest BCUT2D eigenvalue weighted by molar-refractivity contribution is 0.0842. The van der Waals surface area contributed by atoms with Crippen molar-refractivity contribution in [2.75, 3.05) is 13.3 Å². The number of carbonyl (C=O) groups excluding carboxylic acids is 1. The predicted molar refractivity (Wildman–Crippen MR) is 94.7 cm³/mol. The molecular formula is C20H18FNO3. The molecule has 5 heteroatoms. The molecule has 0 aliphatic carbocycles. The van der Waals surface area contributed by atoms with Crippen molar-refractivity contribution in [3.05, 3.63) is 60.2 Å². The molecule has 1 unspecified atom stereocenters. The molecule has 0 saturated heterocycles. The first kappa shape index (κ1) is 17.0. The van der Waals surface area contributed by atoms with E-state index in [0.717, 1.165) is 22.2 Å². The van der Waals surface area contributed by atoms with Gasteiger partial charge in [-0.1, -0.05) is 30.3 Å². The van der Waals surface area contributed by atoms with Gasteiger partial charge in [-0.05, 0) is 31.2 Å². The summed E-state index contributed by atoms with van der Waals surface area (Å²) in [5.74, 6) is 0.587. The van der Waals surface area contributed by atoms with Crippen molar-refractivity contribution in [3.8, 4) is 17.0 Å². The Bertz CT molecular complexity index is 893. The number of hydrogen-bond donors (Lipinski definition) is 1. The lowest BCUT2D eigenvalue weighted by atomic mass is 10.1. The summed E-state index contributed by atoms with van der Waals surface area (Å²) >= 11 is 0. The quantitative estimate of drug-likeness (QED) is 0.694. The Hall–Kier alpha value is -2.79. The summed E-state index contributed by atoms with van der Waals surface area (Å²) in [4.78, 5) is 16.0. The zero-order valence-electron chi connectivity index (χ0n) is 13.8. The molecule has 0 spiro atoms. The van der Waals surface area contributed by atoms with E-state index in [1.54, 1.807) is 24.3 Å². The topological polar surface area (TPSA) is 59.4 Å². The van der Waals surface area contributed by atoms with Crippen LogP contribution in [0.5, 0.6) is 5.75 Å². The van der Waals surface area contributed by atoms with Crippen LogP contribution in [0.3, 0.4) is 0 Å². The van der Waals surface area contributed by atoms with Gasteiger partial charge >= 0.3 is 0 Å². The fourth-order valence-corrected chi connectivity index (χ4v) is 2.47. The zero-order valence-corrected chi connectivity index (χ0v) is 13.8. The number of benzene rings is 2. The van der Waals surface area contributed by atoms with E-state index in [1.165, 1.54) is 6.92 Å². The van der Waals surface area contributed by atoms with Crippen molar-refractivity contribution < 1.29 is 19.0 Å². The van der Waals surface area contributed by atoms with Crippen LogP contribution in [-0.4, -0.2) is 35.3 Å². The van der Waals surface area contributed by atoms with Gasteiger partial charge in [-0.25, -0.2) is 9.37 Å². The molecule has 3 aromatic rings. The number of aromatic nitrogens is 1. The molecule has 4 nitrogen and oxygen atoms in total. The number of aliphatic hydroxyl groups is 1. The summed E-state index contributed by atoms with van der Waals surface area (Å²) in [6.07, 6.45) is -1.12. The van der Waals surface area contributed by atoms with Crippen molar-refractivity contribution >= 4 is 16.7 Å².